The summed E-state index contributed by atoms with van der Waals surface area (Å²) in [6.45, 7) is -1.13. The topological polar surface area (TPSA) is 74.8 Å². The third-order valence-electron chi connectivity index (χ3n) is 4.24. The molecule has 0 N–H and O–H groups in total. The SMILES string of the molecule is O=S(=O)(c1ccc(F)c(F)c1)N1CCN(S(=O)(=O)c2ccc(F)cc2F)CC1. The summed E-state index contributed by atoms with van der Waals surface area (Å²) in [6, 6.07) is 4.17. The average molecular weight is 438 g/mol. The summed E-state index contributed by atoms with van der Waals surface area (Å²) in [6.07, 6.45) is 0. The fourth-order valence-electron chi connectivity index (χ4n) is 2.76. The normalized spacial score (nSPS) is 17.0. The minimum atomic E-state index is -4.29. The Balaban J connectivity index is 1.79. The van der Waals surface area contributed by atoms with E-state index in [2.05, 4.69) is 0 Å². The highest BCUT2D eigenvalue weighted by Crippen LogP contribution is 2.24. The van der Waals surface area contributed by atoms with Gasteiger partial charge in [-0.05, 0) is 30.3 Å². The fourth-order valence-corrected chi connectivity index (χ4v) is 5.66. The zero-order chi connectivity index (χ0) is 20.7. The van der Waals surface area contributed by atoms with Crippen LogP contribution in [0, 0.1) is 23.3 Å². The molecule has 152 valence electrons. The minimum Gasteiger partial charge on any atom is -0.207 e. The summed E-state index contributed by atoms with van der Waals surface area (Å²) >= 11 is 0. The quantitative estimate of drug-likeness (QED) is 0.684. The maximum absolute atomic E-state index is 13.8. The molecule has 1 fully saturated rings. The Kier molecular flexibility index (Phi) is 5.49. The molecule has 0 radical (unpaired) electrons. The van der Waals surface area contributed by atoms with Gasteiger partial charge in [-0.15, -0.1) is 0 Å². The van der Waals surface area contributed by atoms with Crippen LogP contribution in [0.4, 0.5) is 17.6 Å². The van der Waals surface area contributed by atoms with Crippen molar-refractivity contribution in [1.82, 2.24) is 8.61 Å². The van der Waals surface area contributed by atoms with Crippen LogP contribution in [0.3, 0.4) is 0 Å². The van der Waals surface area contributed by atoms with Gasteiger partial charge in [0.2, 0.25) is 20.0 Å². The third-order valence-corrected chi connectivity index (χ3v) is 8.06. The standard InChI is InChI=1S/C16H14F4N2O4S2/c17-11-1-4-16(15(20)9-11)28(25,26)22-7-5-21(6-8-22)27(23,24)12-2-3-13(18)14(19)10-12/h1-4,9-10H,5-8H2. The van der Waals surface area contributed by atoms with Gasteiger partial charge in [-0.25, -0.2) is 34.4 Å². The van der Waals surface area contributed by atoms with Crippen molar-refractivity contribution in [1.29, 1.82) is 0 Å². The molecular weight excluding hydrogens is 424 g/mol. The van der Waals surface area contributed by atoms with Gasteiger partial charge in [0.1, 0.15) is 16.5 Å². The molecule has 1 saturated heterocycles. The van der Waals surface area contributed by atoms with Crippen LogP contribution in [0.15, 0.2) is 46.2 Å². The Hall–Kier alpha value is -2.02. The van der Waals surface area contributed by atoms with Crippen LogP contribution >= 0.6 is 0 Å². The number of benzene rings is 2. The first-order chi connectivity index (χ1) is 13.0. The lowest BCUT2D eigenvalue weighted by Crippen LogP contribution is -2.50. The molecule has 0 saturated carbocycles. The van der Waals surface area contributed by atoms with E-state index in [1.54, 1.807) is 0 Å². The van der Waals surface area contributed by atoms with Crippen molar-refractivity contribution in [3.63, 3.8) is 0 Å². The molecular formula is C16H14F4N2O4S2. The smallest absolute Gasteiger partial charge is 0.207 e. The van der Waals surface area contributed by atoms with E-state index in [4.69, 9.17) is 0 Å². The zero-order valence-corrected chi connectivity index (χ0v) is 15.8. The summed E-state index contributed by atoms with van der Waals surface area (Å²) in [7, 11) is -8.46. The molecule has 0 amide bonds. The molecule has 0 atom stereocenters. The Labute approximate surface area is 159 Å². The summed E-state index contributed by atoms with van der Waals surface area (Å²) < 4.78 is 105. The molecule has 1 heterocycles. The van der Waals surface area contributed by atoms with Crippen molar-refractivity contribution in [3.8, 4) is 0 Å². The van der Waals surface area contributed by atoms with Gasteiger partial charge in [0.05, 0.1) is 4.90 Å². The number of halogens is 4. The average Bonchev–Trinajstić information content (AvgIpc) is 2.63. The highest BCUT2D eigenvalue weighted by molar-refractivity contribution is 7.89. The lowest BCUT2D eigenvalue weighted by Gasteiger charge is -2.33. The first-order valence-electron chi connectivity index (χ1n) is 7.94. The predicted octanol–water partition coefficient (Wildman–Crippen LogP) is 1.94. The van der Waals surface area contributed by atoms with Gasteiger partial charge >= 0.3 is 0 Å². The molecule has 0 bridgehead atoms. The van der Waals surface area contributed by atoms with E-state index < -0.39 is 53.1 Å². The Morgan fingerprint density at radius 2 is 1.21 bits per heavy atom. The van der Waals surface area contributed by atoms with Gasteiger partial charge in [0, 0.05) is 32.2 Å². The van der Waals surface area contributed by atoms with Crippen LogP contribution in [0.1, 0.15) is 0 Å². The van der Waals surface area contributed by atoms with E-state index in [1.807, 2.05) is 0 Å². The highest BCUT2D eigenvalue weighted by Gasteiger charge is 2.35. The molecule has 28 heavy (non-hydrogen) atoms. The highest BCUT2D eigenvalue weighted by atomic mass is 32.2. The fraction of sp³-hybridized carbons (Fsp3) is 0.250. The van der Waals surface area contributed by atoms with Gasteiger partial charge in [0.15, 0.2) is 11.6 Å². The van der Waals surface area contributed by atoms with Crippen molar-refractivity contribution in [2.24, 2.45) is 0 Å². The van der Waals surface area contributed by atoms with E-state index in [-0.39, 0.29) is 26.2 Å². The molecule has 2 aromatic carbocycles. The summed E-state index contributed by atoms with van der Waals surface area (Å²) in [5.74, 6) is -4.71. The lowest BCUT2D eigenvalue weighted by atomic mass is 10.3. The number of hydrogen-bond donors (Lipinski definition) is 0. The molecule has 12 heteroatoms. The van der Waals surface area contributed by atoms with Gasteiger partial charge in [-0.1, -0.05) is 0 Å². The van der Waals surface area contributed by atoms with Crippen molar-refractivity contribution in [2.45, 2.75) is 9.79 Å². The van der Waals surface area contributed by atoms with E-state index in [9.17, 15) is 34.4 Å². The largest absolute Gasteiger partial charge is 0.246 e. The molecule has 1 aliphatic heterocycles. The van der Waals surface area contributed by atoms with Crippen molar-refractivity contribution in [2.75, 3.05) is 26.2 Å². The number of rotatable bonds is 4. The first kappa shape index (κ1) is 20.7. The summed E-state index contributed by atoms with van der Waals surface area (Å²) in [5, 5.41) is 0. The van der Waals surface area contributed by atoms with Crippen LogP contribution in [0.25, 0.3) is 0 Å². The van der Waals surface area contributed by atoms with E-state index >= 15 is 0 Å². The number of nitrogens with zero attached hydrogens (tertiary/aromatic N) is 2. The number of sulfonamides is 2. The van der Waals surface area contributed by atoms with Crippen molar-refractivity contribution in [3.05, 3.63) is 59.7 Å². The van der Waals surface area contributed by atoms with Crippen LogP contribution in [-0.4, -0.2) is 51.6 Å². The molecule has 1 aliphatic rings. The van der Waals surface area contributed by atoms with Gasteiger partial charge < -0.3 is 0 Å². The second-order valence-corrected chi connectivity index (χ2v) is 9.80. The second kappa shape index (κ2) is 7.43. The van der Waals surface area contributed by atoms with E-state index in [1.165, 1.54) is 0 Å². The van der Waals surface area contributed by atoms with Crippen LogP contribution in [0.2, 0.25) is 0 Å². The maximum atomic E-state index is 13.8. The van der Waals surface area contributed by atoms with E-state index in [0.29, 0.717) is 18.2 Å². The monoisotopic (exact) mass is 438 g/mol. The molecule has 0 unspecified atom stereocenters. The Bertz CT molecular complexity index is 1120. The molecule has 2 aromatic rings. The van der Waals surface area contributed by atoms with E-state index in [0.717, 1.165) is 26.8 Å². The van der Waals surface area contributed by atoms with Crippen LogP contribution in [0.5, 0.6) is 0 Å². The zero-order valence-electron chi connectivity index (χ0n) is 14.1. The van der Waals surface area contributed by atoms with Gasteiger partial charge in [-0.2, -0.15) is 8.61 Å². The molecule has 6 nitrogen and oxygen atoms in total. The van der Waals surface area contributed by atoms with Gasteiger partial charge in [-0.3, -0.25) is 0 Å². The van der Waals surface area contributed by atoms with Crippen LogP contribution < -0.4 is 0 Å². The number of piperazine rings is 1. The van der Waals surface area contributed by atoms with Crippen LogP contribution in [-0.2, 0) is 20.0 Å². The third kappa shape index (κ3) is 3.77. The molecule has 0 aromatic heterocycles. The Morgan fingerprint density at radius 3 is 1.75 bits per heavy atom. The molecule has 0 aliphatic carbocycles. The predicted molar refractivity (Wildman–Crippen MR) is 90.2 cm³/mol. The lowest BCUT2D eigenvalue weighted by molar-refractivity contribution is 0.272. The number of hydrogen-bond acceptors (Lipinski definition) is 4. The summed E-state index contributed by atoms with van der Waals surface area (Å²) in [5.41, 5.74) is 0. The Morgan fingerprint density at radius 1 is 0.643 bits per heavy atom. The van der Waals surface area contributed by atoms with Crippen molar-refractivity contribution >= 4 is 20.0 Å². The van der Waals surface area contributed by atoms with Gasteiger partial charge in [0.25, 0.3) is 0 Å². The first-order valence-corrected chi connectivity index (χ1v) is 10.8. The van der Waals surface area contributed by atoms with Crippen molar-refractivity contribution < 1.29 is 34.4 Å². The maximum Gasteiger partial charge on any atom is 0.246 e. The second-order valence-electron chi connectivity index (χ2n) is 5.96. The molecule has 0 spiro atoms. The minimum absolute atomic E-state index is 0.274. The molecule has 3 rings (SSSR count). The summed E-state index contributed by atoms with van der Waals surface area (Å²) in [4.78, 5) is -1.18.